The fourth-order valence-corrected chi connectivity index (χ4v) is 1.66. The van der Waals surface area contributed by atoms with Crippen LogP contribution in [0.2, 0.25) is 0 Å². The highest BCUT2D eigenvalue weighted by atomic mass is 19.4. The highest BCUT2D eigenvalue weighted by Crippen LogP contribution is 2.33. The molecule has 0 unspecified atom stereocenters. The molecular weight excluding hydrogens is 215 g/mol. The Labute approximate surface area is 93.5 Å². The van der Waals surface area contributed by atoms with Gasteiger partial charge in [0.05, 0.1) is 5.56 Å². The lowest BCUT2D eigenvalue weighted by Gasteiger charge is -2.27. The fourth-order valence-electron chi connectivity index (χ4n) is 1.66. The summed E-state index contributed by atoms with van der Waals surface area (Å²) in [4.78, 5) is 0. The number of alkyl halides is 3. The van der Waals surface area contributed by atoms with Crippen LogP contribution in [0.15, 0.2) is 24.3 Å². The molecule has 90 valence electrons. The third-order valence-corrected chi connectivity index (χ3v) is 3.03. The summed E-state index contributed by atoms with van der Waals surface area (Å²) < 4.78 is 37.6. The van der Waals surface area contributed by atoms with E-state index in [1.54, 1.807) is 6.07 Å². The summed E-state index contributed by atoms with van der Waals surface area (Å²) in [6, 6.07) is 5.27. The van der Waals surface area contributed by atoms with Gasteiger partial charge in [-0.25, -0.2) is 0 Å². The van der Waals surface area contributed by atoms with Gasteiger partial charge in [0.15, 0.2) is 0 Å². The summed E-state index contributed by atoms with van der Waals surface area (Å²) in [5.74, 6) is 0. The summed E-state index contributed by atoms with van der Waals surface area (Å²) >= 11 is 0. The molecule has 0 heterocycles. The molecule has 2 N–H and O–H groups in total. The van der Waals surface area contributed by atoms with Gasteiger partial charge in [-0.2, -0.15) is 13.2 Å². The predicted molar refractivity (Wildman–Crippen MR) is 57.9 cm³/mol. The number of hydrogen-bond acceptors (Lipinski definition) is 1. The minimum atomic E-state index is -4.31. The van der Waals surface area contributed by atoms with E-state index in [0.717, 1.165) is 12.1 Å². The number of nitrogens with two attached hydrogens (primary N) is 1. The van der Waals surface area contributed by atoms with Gasteiger partial charge in [-0.15, -0.1) is 0 Å². The lowest BCUT2D eigenvalue weighted by Crippen LogP contribution is -2.35. The van der Waals surface area contributed by atoms with E-state index < -0.39 is 17.3 Å². The molecule has 1 nitrogen and oxygen atoms in total. The Balaban J connectivity index is 3.17. The van der Waals surface area contributed by atoms with Crippen molar-refractivity contribution in [3.05, 3.63) is 35.4 Å². The molecule has 0 aromatic heterocycles. The maximum atomic E-state index is 12.5. The third kappa shape index (κ3) is 2.55. The van der Waals surface area contributed by atoms with Crippen molar-refractivity contribution in [3.8, 4) is 0 Å². The van der Waals surface area contributed by atoms with Crippen molar-refractivity contribution >= 4 is 0 Å². The van der Waals surface area contributed by atoms with Gasteiger partial charge in [-0.1, -0.05) is 26.0 Å². The minimum Gasteiger partial charge on any atom is -0.321 e. The van der Waals surface area contributed by atoms with E-state index >= 15 is 0 Å². The van der Waals surface area contributed by atoms with E-state index in [2.05, 4.69) is 0 Å². The first-order valence-electron chi connectivity index (χ1n) is 5.30. The second-order valence-electron chi connectivity index (χ2n) is 3.94. The van der Waals surface area contributed by atoms with Crippen LogP contribution in [0.1, 0.15) is 37.8 Å². The Bertz CT molecular complexity index is 354. The summed E-state index contributed by atoms with van der Waals surface area (Å²) in [7, 11) is 0. The zero-order valence-corrected chi connectivity index (χ0v) is 9.43. The zero-order chi connectivity index (χ0) is 12.4. The van der Waals surface area contributed by atoms with Crippen molar-refractivity contribution in [2.24, 2.45) is 5.73 Å². The molecule has 0 fully saturated rings. The molecule has 0 saturated carbocycles. The maximum absolute atomic E-state index is 12.5. The van der Waals surface area contributed by atoms with Crippen LogP contribution in [0, 0.1) is 0 Å². The summed E-state index contributed by atoms with van der Waals surface area (Å²) in [6.45, 7) is 3.76. The molecule has 0 saturated heterocycles. The topological polar surface area (TPSA) is 26.0 Å². The lowest BCUT2D eigenvalue weighted by molar-refractivity contribution is -0.137. The van der Waals surface area contributed by atoms with E-state index in [9.17, 15) is 13.2 Å². The highest BCUT2D eigenvalue weighted by molar-refractivity contribution is 5.30. The second-order valence-corrected chi connectivity index (χ2v) is 3.94. The Hall–Kier alpha value is -1.03. The quantitative estimate of drug-likeness (QED) is 0.843. The Kier molecular flexibility index (Phi) is 3.63. The van der Waals surface area contributed by atoms with Crippen LogP contribution in [0.25, 0.3) is 0 Å². The highest BCUT2D eigenvalue weighted by Gasteiger charge is 2.32. The molecule has 0 aliphatic rings. The molecule has 0 radical (unpaired) electrons. The van der Waals surface area contributed by atoms with Crippen LogP contribution in [0.5, 0.6) is 0 Å². The van der Waals surface area contributed by atoms with Gasteiger partial charge >= 0.3 is 6.18 Å². The Morgan fingerprint density at radius 1 is 1.06 bits per heavy atom. The number of halogens is 3. The predicted octanol–water partition coefficient (Wildman–Crippen LogP) is 3.68. The monoisotopic (exact) mass is 231 g/mol. The number of benzene rings is 1. The molecule has 1 rings (SSSR count). The van der Waals surface area contributed by atoms with Crippen LogP contribution in [0.3, 0.4) is 0 Å². The van der Waals surface area contributed by atoms with Gasteiger partial charge in [0, 0.05) is 5.54 Å². The normalized spacial score (nSPS) is 12.9. The minimum absolute atomic E-state index is 0.548. The molecule has 0 aliphatic heterocycles. The van der Waals surface area contributed by atoms with E-state index in [1.807, 2.05) is 13.8 Å². The average Bonchev–Trinajstić information content (AvgIpc) is 2.27. The van der Waals surface area contributed by atoms with Crippen molar-refractivity contribution < 1.29 is 13.2 Å². The molecule has 16 heavy (non-hydrogen) atoms. The second kappa shape index (κ2) is 4.45. The lowest BCUT2D eigenvalue weighted by atomic mass is 9.85. The van der Waals surface area contributed by atoms with Crippen molar-refractivity contribution in [1.29, 1.82) is 0 Å². The largest absolute Gasteiger partial charge is 0.416 e. The van der Waals surface area contributed by atoms with Gasteiger partial charge in [-0.3, -0.25) is 0 Å². The van der Waals surface area contributed by atoms with E-state index in [1.165, 1.54) is 6.07 Å². The fraction of sp³-hybridized carbons (Fsp3) is 0.500. The molecular formula is C12H16F3N. The molecule has 1 aromatic rings. The van der Waals surface area contributed by atoms with Gasteiger partial charge in [0.1, 0.15) is 0 Å². The van der Waals surface area contributed by atoms with E-state index in [4.69, 9.17) is 5.73 Å². The molecule has 0 aliphatic carbocycles. The van der Waals surface area contributed by atoms with Gasteiger partial charge in [-0.05, 0) is 30.5 Å². The summed E-state index contributed by atoms with van der Waals surface area (Å²) in [5, 5.41) is 0. The molecule has 4 heteroatoms. The Morgan fingerprint density at radius 2 is 1.56 bits per heavy atom. The molecule has 0 spiro atoms. The van der Waals surface area contributed by atoms with Crippen LogP contribution < -0.4 is 5.73 Å². The van der Waals surface area contributed by atoms with Gasteiger partial charge < -0.3 is 5.73 Å². The standard InChI is InChI=1S/C12H16F3N/c1-3-11(16,4-2)9-6-5-7-10(8-9)12(13,14)15/h5-8H,3-4,16H2,1-2H3. The molecule has 1 aromatic carbocycles. The molecule has 0 atom stereocenters. The smallest absolute Gasteiger partial charge is 0.321 e. The summed E-state index contributed by atoms with van der Waals surface area (Å²) in [5.41, 5.74) is 5.31. The van der Waals surface area contributed by atoms with E-state index in [-0.39, 0.29) is 0 Å². The SMILES string of the molecule is CCC(N)(CC)c1cccc(C(F)(F)F)c1. The van der Waals surface area contributed by atoms with Crippen LogP contribution in [-0.4, -0.2) is 0 Å². The first-order valence-corrected chi connectivity index (χ1v) is 5.30. The van der Waals surface area contributed by atoms with Crippen LogP contribution in [-0.2, 0) is 11.7 Å². The third-order valence-electron chi connectivity index (χ3n) is 3.03. The van der Waals surface area contributed by atoms with E-state index in [0.29, 0.717) is 18.4 Å². The van der Waals surface area contributed by atoms with Crippen molar-refractivity contribution in [1.82, 2.24) is 0 Å². The zero-order valence-electron chi connectivity index (χ0n) is 9.43. The van der Waals surface area contributed by atoms with Crippen molar-refractivity contribution in [2.45, 2.75) is 38.4 Å². The Morgan fingerprint density at radius 3 is 2.00 bits per heavy atom. The average molecular weight is 231 g/mol. The number of hydrogen-bond donors (Lipinski definition) is 1. The van der Waals surface area contributed by atoms with Crippen LogP contribution >= 0.6 is 0 Å². The number of rotatable bonds is 3. The molecule has 0 amide bonds. The first-order chi connectivity index (χ1) is 7.33. The van der Waals surface area contributed by atoms with Gasteiger partial charge in [0.25, 0.3) is 0 Å². The van der Waals surface area contributed by atoms with Crippen molar-refractivity contribution in [2.75, 3.05) is 0 Å². The molecule has 0 bridgehead atoms. The van der Waals surface area contributed by atoms with Gasteiger partial charge in [0.2, 0.25) is 0 Å². The van der Waals surface area contributed by atoms with Crippen molar-refractivity contribution in [3.63, 3.8) is 0 Å². The van der Waals surface area contributed by atoms with Crippen LogP contribution in [0.4, 0.5) is 13.2 Å². The maximum Gasteiger partial charge on any atom is 0.416 e. The summed E-state index contributed by atoms with van der Waals surface area (Å²) in [6.07, 6.45) is -3.08. The first kappa shape index (κ1) is 13.0.